The van der Waals surface area contributed by atoms with Crippen LogP contribution in [0.15, 0.2) is 40.9 Å². The van der Waals surface area contributed by atoms with Crippen LogP contribution in [0.4, 0.5) is 11.4 Å². The molecule has 11 heteroatoms. The summed E-state index contributed by atoms with van der Waals surface area (Å²) in [5, 5.41) is 26.8. The van der Waals surface area contributed by atoms with Gasteiger partial charge in [-0.3, -0.25) is 14.9 Å². The van der Waals surface area contributed by atoms with Gasteiger partial charge in [-0.25, -0.2) is 4.79 Å². The first kappa shape index (κ1) is 22.3. The number of anilines is 1. The Morgan fingerprint density at radius 3 is 2.56 bits per heavy atom. The van der Waals surface area contributed by atoms with Crippen LogP contribution in [0.25, 0.3) is 0 Å². The van der Waals surface area contributed by atoms with Crippen LogP contribution in [0.5, 0.6) is 11.5 Å². The van der Waals surface area contributed by atoms with Crippen molar-refractivity contribution in [2.24, 2.45) is 0 Å². The first-order valence-electron chi connectivity index (χ1n) is 9.26. The zero-order chi connectivity index (χ0) is 23.4. The number of aromatic carboxylic acids is 1. The zero-order valence-corrected chi connectivity index (χ0v) is 17.4. The number of hydrogen-bond acceptors (Lipinski definition) is 8. The van der Waals surface area contributed by atoms with Gasteiger partial charge in [0.25, 0.3) is 11.6 Å². The largest absolute Gasteiger partial charge is 0.497 e. The number of nitro benzene ring substituents is 1. The van der Waals surface area contributed by atoms with Crippen LogP contribution in [0.1, 0.15) is 37.7 Å². The lowest BCUT2D eigenvalue weighted by atomic mass is 10.1. The van der Waals surface area contributed by atoms with Crippen molar-refractivity contribution in [3.05, 3.63) is 74.7 Å². The van der Waals surface area contributed by atoms with Gasteiger partial charge in [0.05, 0.1) is 40.5 Å². The van der Waals surface area contributed by atoms with Gasteiger partial charge in [0.1, 0.15) is 23.9 Å². The number of benzene rings is 2. The van der Waals surface area contributed by atoms with Crippen molar-refractivity contribution in [2.75, 3.05) is 12.4 Å². The predicted molar refractivity (Wildman–Crippen MR) is 111 cm³/mol. The fourth-order valence-corrected chi connectivity index (χ4v) is 2.90. The van der Waals surface area contributed by atoms with Crippen LogP contribution >= 0.6 is 0 Å². The van der Waals surface area contributed by atoms with Gasteiger partial charge in [-0.05, 0) is 32.0 Å². The third-order valence-corrected chi connectivity index (χ3v) is 4.62. The van der Waals surface area contributed by atoms with Crippen LogP contribution < -0.4 is 14.8 Å². The van der Waals surface area contributed by atoms with Crippen LogP contribution in [-0.4, -0.2) is 34.2 Å². The minimum absolute atomic E-state index is 0.0158. The lowest BCUT2D eigenvalue weighted by Crippen LogP contribution is -2.15. The van der Waals surface area contributed by atoms with Crippen LogP contribution in [-0.2, 0) is 6.61 Å². The summed E-state index contributed by atoms with van der Waals surface area (Å²) in [5.41, 5.74) is 1.09. The quantitative estimate of drug-likeness (QED) is 0.393. The molecule has 32 heavy (non-hydrogen) atoms. The number of methoxy groups -OCH3 is 1. The highest BCUT2D eigenvalue weighted by Gasteiger charge is 2.20. The number of ether oxygens (including phenoxy) is 2. The third kappa shape index (κ3) is 4.83. The Morgan fingerprint density at radius 1 is 1.22 bits per heavy atom. The van der Waals surface area contributed by atoms with Crippen molar-refractivity contribution in [3.63, 3.8) is 0 Å². The Balaban J connectivity index is 1.92. The molecule has 0 unspecified atom stereocenters. The monoisotopic (exact) mass is 441 g/mol. The summed E-state index contributed by atoms with van der Waals surface area (Å²) in [6.07, 6.45) is 0. The molecule has 3 aromatic rings. The van der Waals surface area contributed by atoms with Gasteiger partial charge in [0.2, 0.25) is 0 Å². The maximum Gasteiger partial charge on any atom is 0.335 e. The Bertz CT molecular complexity index is 1180. The molecule has 1 aromatic heterocycles. The predicted octanol–water partition coefficient (Wildman–Crippen LogP) is 3.74. The lowest BCUT2D eigenvalue weighted by molar-refractivity contribution is -0.384. The highest BCUT2D eigenvalue weighted by atomic mass is 16.6. The molecule has 0 aliphatic rings. The second-order valence-corrected chi connectivity index (χ2v) is 6.74. The van der Waals surface area contributed by atoms with Gasteiger partial charge in [0, 0.05) is 17.8 Å². The molecule has 1 amide bonds. The number of aromatic nitrogens is 1. The average molecular weight is 441 g/mol. The summed E-state index contributed by atoms with van der Waals surface area (Å²) in [5.74, 6) is -1.12. The summed E-state index contributed by atoms with van der Waals surface area (Å²) in [6.45, 7) is 3.40. The number of nitrogens with one attached hydrogen (secondary N) is 1. The number of non-ortho nitro benzene ring substituents is 1. The number of nitrogens with zero attached hydrogens (tertiary/aromatic N) is 2. The van der Waals surface area contributed by atoms with E-state index in [2.05, 4.69) is 10.5 Å². The minimum Gasteiger partial charge on any atom is -0.497 e. The smallest absolute Gasteiger partial charge is 0.335 e. The van der Waals surface area contributed by atoms with Gasteiger partial charge in [0.15, 0.2) is 0 Å². The molecule has 1 heterocycles. The number of aryl methyl sites for hydroxylation is 2. The SMILES string of the molecule is COc1cc(NC(=O)c2ccc([N+](=O)[O-])cc2OCc2c(C)noc2C)cc(C(=O)O)c1. The summed E-state index contributed by atoms with van der Waals surface area (Å²) in [7, 11) is 1.36. The fourth-order valence-electron chi connectivity index (χ4n) is 2.90. The topological polar surface area (TPSA) is 154 Å². The van der Waals surface area contributed by atoms with E-state index < -0.39 is 16.8 Å². The third-order valence-electron chi connectivity index (χ3n) is 4.62. The normalized spacial score (nSPS) is 10.5. The molecule has 0 bridgehead atoms. The van der Waals surface area contributed by atoms with Gasteiger partial charge in [-0.2, -0.15) is 0 Å². The molecule has 11 nitrogen and oxygen atoms in total. The Labute approximate surface area is 181 Å². The number of carbonyl (C=O) groups is 2. The molecule has 0 radical (unpaired) electrons. The number of rotatable bonds is 8. The average Bonchev–Trinajstić information content (AvgIpc) is 3.08. The first-order valence-corrected chi connectivity index (χ1v) is 9.26. The molecule has 0 fully saturated rings. The molecule has 0 saturated carbocycles. The lowest BCUT2D eigenvalue weighted by Gasteiger charge is -2.13. The van der Waals surface area contributed by atoms with E-state index in [4.69, 9.17) is 14.0 Å². The van der Waals surface area contributed by atoms with E-state index in [1.54, 1.807) is 13.8 Å². The van der Waals surface area contributed by atoms with E-state index in [0.717, 1.165) is 6.07 Å². The Hall–Kier alpha value is -4.41. The second kappa shape index (κ2) is 9.16. The van der Waals surface area contributed by atoms with Crippen molar-refractivity contribution in [1.82, 2.24) is 5.16 Å². The molecule has 2 aromatic carbocycles. The summed E-state index contributed by atoms with van der Waals surface area (Å²) in [6, 6.07) is 7.59. The number of carboxylic acid groups (broad SMARTS) is 1. The Kier molecular flexibility index (Phi) is 6.38. The molecule has 166 valence electrons. The molecule has 3 rings (SSSR count). The van der Waals surface area contributed by atoms with E-state index >= 15 is 0 Å². The molecule has 0 saturated heterocycles. The summed E-state index contributed by atoms with van der Waals surface area (Å²) in [4.78, 5) is 34.8. The van der Waals surface area contributed by atoms with Crippen molar-refractivity contribution in [1.29, 1.82) is 0 Å². The fraction of sp³-hybridized carbons (Fsp3) is 0.190. The van der Waals surface area contributed by atoms with Crippen molar-refractivity contribution >= 4 is 23.3 Å². The molecule has 2 N–H and O–H groups in total. The molecular weight excluding hydrogens is 422 g/mol. The van der Waals surface area contributed by atoms with E-state index in [9.17, 15) is 24.8 Å². The van der Waals surface area contributed by atoms with Crippen molar-refractivity contribution < 1.29 is 33.6 Å². The van der Waals surface area contributed by atoms with Crippen LogP contribution in [0.2, 0.25) is 0 Å². The molecule has 0 aliphatic carbocycles. The standard InChI is InChI=1S/C21H19N3O8/c1-11-18(12(2)32-23-11)10-31-19-9-15(24(28)29)4-5-17(19)20(25)22-14-6-13(21(26)27)7-16(8-14)30-3/h4-9H,10H2,1-3H3,(H,22,25)(H,26,27). The molecule has 0 spiro atoms. The Morgan fingerprint density at radius 2 is 1.97 bits per heavy atom. The highest BCUT2D eigenvalue weighted by molar-refractivity contribution is 6.07. The first-order chi connectivity index (χ1) is 15.2. The minimum atomic E-state index is -1.20. The van der Waals surface area contributed by atoms with Gasteiger partial charge in [-0.15, -0.1) is 0 Å². The van der Waals surface area contributed by atoms with E-state index in [1.807, 2.05) is 0 Å². The van der Waals surface area contributed by atoms with Gasteiger partial charge in [-0.1, -0.05) is 5.16 Å². The molecule has 0 atom stereocenters. The number of carboxylic acids is 1. The maximum atomic E-state index is 12.9. The highest BCUT2D eigenvalue weighted by Crippen LogP contribution is 2.28. The number of carbonyl (C=O) groups excluding carboxylic acids is 1. The van der Waals surface area contributed by atoms with Gasteiger partial charge < -0.3 is 24.4 Å². The summed E-state index contributed by atoms with van der Waals surface area (Å²) >= 11 is 0. The maximum absolute atomic E-state index is 12.9. The van der Waals surface area contributed by atoms with E-state index in [-0.39, 0.29) is 40.6 Å². The number of hydrogen-bond donors (Lipinski definition) is 2. The van der Waals surface area contributed by atoms with E-state index in [1.165, 1.54) is 37.4 Å². The van der Waals surface area contributed by atoms with Crippen LogP contribution in [0, 0.1) is 24.0 Å². The number of nitro groups is 1. The van der Waals surface area contributed by atoms with E-state index in [0.29, 0.717) is 17.0 Å². The van der Waals surface area contributed by atoms with Gasteiger partial charge >= 0.3 is 5.97 Å². The molecular formula is C21H19N3O8. The van der Waals surface area contributed by atoms with Crippen molar-refractivity contribution in [3.8, 4) is 11.5 Å². The van der Waals surface area contributed by atoms with Crippen LogP contribution in [0.3, 0.4) is 0 Å². The second-order valence-electron chi connectivity index (χ2n) is 6.74. The molecule has 0 aliphatic heterocycles. The summed E-state index contributed by atoms with van der Waals surface area (Å²) < 4.78 is 15.9. The number of amides is 1. The van der Waals surface area contributed by atoms with Crippen molar-refractivity contribution in [2.45, 2.75) is 20.5 Å². The zero-order valence-electron chi connectivity index (χ0n) is 17.4.